The number of hydrogen-bond donors (Lipinski definition) is 1. The summed E-state index contributed by atoms with van der Waals surface area (Å²) in [6.07, 6.45) is 0.620. The largest absolute Gasteiger partial charge is 0.480 e. The van der Waals surface area contributed by atoms with E-state index >= 15 is 0 Å². The molecule has 1 aromatic carbocycles. The van der Waals surface area contributed by atoms with Crippen molar-refractivity contribution in [3.63, 3.8) is 0 Å². The van der Waals surface area contributed by atoms with Crippen LogP contribution in [0, 0.1) is 0 Å². The summed E-state index contributed by atoms with van der Waals surface area (Å²) in [6.45, 7) is 0.421. The van der Waals surface area contributed by atoms with Gasteiger partial charge in [-0.2, -0.15) is 0 Å². The molecule has 1 aliphatic rings. The molecule has 0 aliphatic carbocycles. The average molecular weight is 283 g/mol. The van der Waals surface area contributed by atoms with Crippen LogP contribution < -0.4 is 4.90 Å². The molecule has 0 bridgehead atoms. The minimum absolute atomic E-state index is 0.0544. The van der Waals surface area contributed by atoms with Crippen molar-refractivity contribution in [3.8, 4) is 0 Å². The summed E-state index contributed by atoms with van der Waals surface area (Å²) in [5.74, 6) is -1.02. The van der Waals surface area contributed by atoms with E-state index < -0.39 is 12.0 Å². The fraction of sp³-hybridized carbons (Fsp3) is 0.385. The zero-order valence-electron chi connectivity index (χ0n) is 10.5. The number of hydrogen-bond acceptors (Lipinski definition) is 3. The van der Waals surface area contributed by atoms with Gasteiger partial charge in [-0.05, 0) is 24.6 Å². The van der Waals surface area contributed by atoms with Crippen molar-refractivity contribution in [1.29, 1.82) is 0 Å². The number of likely N-dealkylation sites (N-methyl/N-ethyl adjacent to an activating group) is 1. The molecule has 1 fully saturated rings. The number of halogens is 1. The highest BCUT2D eigenvalue weighted by Crippen LogP contribution is 2.25. The predicted octanol–water partition coefficient (Wildman–Crippen LogP) is 1.46. The van der Waals surface area contributed by atoms with Gasteiger partial charge in [0.25, 0.3) is 0 Å². The lowest BCUT2D eigenvalue weighted by Crippen LogP contribution is -2.44. The van der Waals surface area contributed by atoms with Gasteiger partial charge in [-0.15, -0.1) is 0 Å². The zero-order valence-corrected chi connectivity index (χ0v) is 11.3. The number of carboxylic acids is 1. The molecule has 1 amide bonds. The Kier molecular flexibility index (Phi) is 3.95. The highest BCUT2D eigenvalue weighted by Gasteiger charge is 2.35. The van der Waals surface area contributed by atoms with E-state index in [-0.39, 0.29) is 12.5 Å². The van der Waals surface area contributed by atoms with Crippen LogP contribution in [0.5, 0.6) is 0 Å². The molecule has 0 radical (unpaired) electrons. The first kappa shape index (κ1) is 13.7. The van der Waals surface area contributed by atoms with Gasteiger partial charge in [-0.1, -0.05) is 17.7 Å². The van der Waals surface area contributed by atoms with E-state index in [1.807, 2.05) is 0 Å². The molecule has 1 saturated heterocycles. The van der Waals surface area contributed by atoms with Crippen LogP contribution in [0.25, 0.3) is 0 Å². The van der Waals surface area contributed by atoms with Gasteiger partial charge in [0.1, 0.15) is 12.6 Å². The number of likely N-dealkylation sites (tertiary alicyclic amines) is 1. The van der Waals surface area contributed by atoms with Crippen molar-refractivity contribution >= 4 is 29.2 Å². The number of carboxylic acid groups (broad SMARTS) is 1. The number of anilines is 1. The van der Waals surface area contributed by atoms with Gasteiger partial charge in [-0.25, -0.2) is 0 Å². The van der Waals surface area contributed by atoms with E-state index in [2.05, 4.69) is 0 Å². The number of benzene rings is 1. The van der Waals surface area contributed by atoms with Crippen LogP contribution in [0.1, 0.15) is 6.42 Å². The van der Waals surface area contributed by atoms with Gasteiger partial charge in [-0.3, -0.25) is 9.59 Å². The molecule has 2 rings (SSSR count). The zero-order chi connectivity index (χ0) is 14.0. The molecule has 1 atom stereocenters. The Bertz CT molecular complexity index is 506. The van der Waals surface area contributed by atoms with Crippen molar-refractivity contribution in [2.45, 2.75) is 12.5 Å². The van der Waals surface area contributed by atoms with Crippen LogP contribution in [0.3, 0.4) is 0 Å². The Balaban J connectivity index is 2.31. The first-order valence-electron chi connectivity index (χ1n) is 5.98. The molecule has 102 valence electrons. The standard InChI is InChI=1S/C13H15ClN2O3/c1-15-6-5-11(13(15)19)16(8-12(17)18)10-4-2-3-9(14)7-10/h2-4,7,11H,5-6,8H2,1H3,(H,17,18). The second kappa shape index (κ2) is 5.48. The summed E-state index contributed by atoms with van der Waals surface area (Å²) in [4.78, 5) is 26.3. The van der Waals surface area contributed by atoms with Gasteiger partial charge >= 0.3 is 5.97 Å². The minimum atomic E-state index is -0.970. The van der Waals surface area contributed by atoms with E-state index in [1.165, 1.54) is 0 Å². The molecular formula is C13H15ClN2O3. The lowest BCUT2D eigenvalue weighted by Gasteiger charge is -2.28. The van der Waals surface area contributed by atoms with Crippen molar-refractivity contribution in [3.05, 3.63) is 29.3 Å². The third-order valence-corrected chi connectivity index (χ3v) is 3.46. The number of amides is 1. The molecular weight excluding hydrogens is 268 g/mol. The Morgan fingerprint density at radius 2 is 2.32 bits per heavy atom. The second-order valence-corrected chi connectivity index (χ2v) is 5.00. The van der Waals surface area contributed by atoms with E-state index in [1.54, 1.807) is 41.1 Å². The highest BCUT2D eigenvalue weighted by molar-refractivity contribution is 6.30. The SMILES string of the molecule is CN1CCC(N(CC(=O)O)c2cccc(Cl)c2)C1=O. The van der Waals surface area contributed by atoms with Crippen LogP contribution in [0.2, 0.25) is 5.02 Å². The third kappa shape index (κ3) is 2.98. The molecule has 5 nitrogen and oxygen atoms in total. The lowest BCUT2D eigenvalue weighted by molar-refractivity contribution is -0.135. The Morgan fingerprint density at radius 1 is 1.58 bits per heavy atom. The molecule has 1 aliphatic heterocycles. The molecule has 1 heterocycles. The van der Waals surface area contributed by atoms with Crippen LogP contribution >= 0.6 is 11.6 Å². The van der Waals surface area contributed by atoms with Gasteiger partial charge in [0.2, 0.25) is 5.91 Å². The van der Waals surface area contributed by atoms with Gasteiger partial charge in [0, 0.05) is 24.3 Å². The smallest absolute Gasteiger partial charge is 0.323 e. The first-order valence-corrected chi connectivity index (χ1v) is 6.36. The molecule has 6 heteroatoms. The maximum Gasteiger partial charge on any atom is 0.323 e. The second-order valence-electron chi connectivity index (χ2n) is 4.57. The van der Waals surface area contributed by atoms with E-state index in [0.29, 0.717) is 23.7 Å². The van der Waals surface area contributed by atoms with Gasteiger partial charge < -0.3 is 14.9 Å². The summed E-state index contributed by atoms with van der Waals surface area (Å²) in [5.41, 5.74) is 0.656. The highest BCUT2D eigenvalue weighted by atomic mass is 35.5. The van der Waals surface area contributed by atoms with Crippen molar-refractivity contribution in [2.24, 2.45) is 0 Å². The Labute approximate surface area is 116 Å². The number of carbonyl (C=O) groups is 2. The summed E-state index contributed by atoms with van der Waals surface area (Å²) in [7, 11) is 1.72. The van der Waals surface area contributed by atoms with Crippen LogP contribution in [0.15, 0.2) is 24.3 Å². The molecule has 0 spiro atoms. The third-order valence-electron chi connectivity index (χ3n) is 3.22. The first-order chi connectivity index (χ1) is 8.99. The maximum absolute atomic E-state index is 12.0. The average Bonchev–Trinajstić information content (AvgIpc) is 2.67. The molecule has 1 unspecified atom stereocenters. The van der Waals surface area contributed by atoms with E-state index in [0.717, 1.165) is 0 Å². The van der Waals surface area contributed by atoms with Crippen LogP contribution in [-0.2, 0) is 9.59 Å². The Hall–Kier alpha value is -1.75. The fourth-order valence-corrected chi connectivity index (χ4v) is 2.46. The van der Waals surface area contributed by atoms with E-state index in [4.69, 9.17) is 16.7 Å². The molecule has 1 N–H and O–H groups in total. The Morgan fingerprint density at radius 3 is 2.84 bits per heavy atom. The summed E-state index contributed by atoms with van der Waals surface area (Å²) < 4.78 is 0. The van der Waals surface area contributed by atoms with Gasteiger partial charge in [0.05, 0.1) is 0 Å². The summed E-state index contributed by atoms with van der Waals surface area (Å²) in [5, 5.41) is 9.55. The minimum Gasteiger partial charge on any atom is -0.480 e. The lowest BCUT2D eigenvalue weighted by atomic mass is 10.1. The van der Waals surface area contributed by atoms with Crippen LogP contribution in [0.4, 0.5) is 5.69 Å². The van der Waals surface area contributed by atoms with Crippen molar-refractivity contribution in [1.82, 2.24) is 4.90 Å². The quantitative estimate of drug-likeness (QED) is 0.908. The molecule has 19 heavy (non-hydrogen) atoms. The van der Waals surface area contributed by atoms with Crippen molar-refractivity contribution in [2.75, 3.05) is 25.0 Å². The van der Waals surface area contributed by atoms with Crippen molar-refractivity contribution < 1.29 is 14.7 Å². The number of carbonyl (C=O) groups excluding carboxylic acids is 1. The summed E-state index contributed by atoms with van der Waals surface area (Å²) in [6, 6.07) is 6.47. The topological polar surface area (TPSA) is 60.9 Å². The predicted molar refractivity (Wildman–Crippen MR) is 72.5 cm³/mol. The molecule has 0 aromatic heterocycles. The number of rotatable bonds is 4. The normalized spacial score (nSPS) is 18.7. The maximum atomic E-state index is 12.0. The van der Waals surface area contributed by atoms with Gasteiger partial charge in [0.15, 0.2) is 0 Å². The monoisotopic (exact) mass is 282 g/mol. The fourth-order valence-electron chi connectivity index (χ4n) is 2.28. The number of aliphatic carboxylic acids is 1. The van der Waals surface area contributed by atoms with Crippen LogP contribution in [-0.4, -0.2) is 48.1 Å². The summed E-state index contributed by atoms with van der Waals surface area (Å²) >= 11 is 5.93. The molecule has 0 saturated carbocycles. The number of nitrogens with zero attached hydrogens (tertiary/aromatic N) is 2. The molecule has 1 aromatic rings. The van der Waals surface area contributed by atoms with E-state index in [9.17, 15) is 9.59 Å².